The van der Waals surface area contributed by atoms with Crippen LogP contribution in [0.25, 0.3) is 16.5 Å². The Kier molecular flexibility index (Phi) is 11.1. The van der Waals surface area contributed by atoms with Crippen LogP contribution in [0.3, 0.4) is 0 Å². The number of rotatable bonds is 12. The van der Waals surface area contributed by atoms with Gasteiger partial charge in [-0.05, 0) is 84.5 Å². The Hall–Kier alpha value is -5.48. The minimum atomic E-state index is -0.459. The number of aliphatic hydroxyl groups excluding tert-OH is 1. The molecule has 2 heterocycles. The molecule has 264 valence electrons. The number of carbonyl (C=O) groups excluding carboxylic acids is 3. The summed E-state index contributed by atoms with van der Waals surface area (Å²) in [5.74, 6) is -0.448. The van der Waals surface area contributed by atoms with Crippen molar-refractivity contribution in [3.05, 3.63) is 119 Å². The van der Waals surface area contributed by atoms with Gasteiger partial charge in [0.15, 0.2) is 5.69 Å². The standard InChI is InChI=1S/C41H46N6O4/c1-4-6-20-45(21-7-5-2)40(50)37-22-28(3)47(44-37)38-19-18-34(43-41(51)42-33-17-16-29-12-8-9-13-30(29)23-33)25-36(38)39(49)46-26-32-15-11-10-14-31(32)24-35(46)27-48/h8-19,22-23,25,35,48H,4-7,20-21,24,26-27H2,1-3H3,(H2,42,43,51). The highest BCUT2D eigenvalue weighted by Crippen LogP contribution is 2.29. The number of fused-ring (bicyclic) bond motifs is 2. The molecular formula is C41H46N6O4. The van der Waals surface area contributed by atoms with Gasteiger partial charge < -0.3 is 25.5 Å². The quantitative estimate of drug-likeness (QED) is 0.125. The van der Waals surface area contributed by atoms with Crippen LogP contribution in [0.5, 0.6) is 0 Å². The topological polar surface area (TPSA) is 120 Å². The monoisotopic (exact) mass is 686 g/mol. The van der Waals surface area contributed by atoms with Crippen molar-refractivity contribution in [2.45, 2.75) is 65.5 Å². The SMILES string of the molecule is CCCCN(CCCC)C(=O)c1cc(C)n(-c2ccc(NC(=O)Nc3ccc4ccccc4c3)cc2C(=O)N2Cc3ccccc3CC2CO)n1. The Morgan fingerprint density at radius 2 is 1.47 bits per heavy atom. The van der Waals surface area contributed by atoms with E-state index in [1.165, 1.54) is 0 Å². The number of unbranched alkanes of at least 4 members (excludes halogenated alkanes) is 2. The van der Waals surface area contributed by atoms with Gasteiger partial charge in [-0.2, -0.15) is 5.10 Å². The zero-order valence-corrected chi connectivity index (χ0v) is 29.6. The molecular weight excluding hydrogens is 640 g/mol. The lowest BCUT2D eigenvalue weighted by Crippen LogP contribution is -2.46. The number of aryl methyl sites for hydroxylation is 1. The molecule has 6 rings (SSSR count). The van der Waals surface area contributed by atoms with E-state index in [-0.39, 0.29) is 24.0 Å². The Labute approximate surface area is 299 Å². The first-order valence-electron chi connectivity index (χ1n) is 17.8. The third-order valence-electron chi connectivity index (χ3n) is 9.50. The molecule has 0 saturated carbocycles. The van der Waals surface area contributed by atoms with Crippen LogP contribution in [-0.2, 0) is 13.0 Å². The number of urea groups is 1. The highest BCUT2D eigenvalue weighted by molar-refractivity contribution is 6.04. The van der Waals surface area contributed by atoms with Crippen molar-refractivity contribution < 1.29 is 19.5 Å². The molecule has 0 bridgehead atoms. The summed E-state index contributed by atoms with van der Waals surface area (Å²) >= 11 is 0. The van der Waals surface area contributed by atoms with E-state index < -0.39 is 12.1 Å². The van der Waals surface area contributed by atoms with Gasteiger partial charge in [-0.25, -0.2) is 9.48 Å². The fourth-order valence-electron chi connectivity index (χ4n) is 6.67. The molecule has 5 aromatic rings. The van der Waals surface area contributed by atoms with Crippen molar-refractivity contribution in [2.24, 2.45) is 0 Å². The summed E-state index contributed by atoms with van der Waals surface area (Å²) in [4.78, 5) is 45.1. The number of hydrogen-bond acceptors (Lipinski definition) is 5. The number of hydrogen-bond donors (Lipinski definition) is 3. The number of benzene rings is 4. The van der Waals surface area contributed by atoms with E-state index in [0.29, 0.717) is 54.5 Å². The molecule has 3 N–H and O–H groups in total. The minimum absolute atomic E-state index is 0.136. The number of carbonyl (C=O) groups is 3. The fraction of sp³-hybridized carbons (Fsp3) is 0.317. The molecule has 1 unspecified atom stereocenters. The maximum Gasteiger partial charge on any atom is 0.323 e. The first-order chi connectivity index (χ1) is 24.8. The van der Waals surface area contributed by atoms with Crippen LogP contribution in [0.15, 0.2) is 91.0 Å². The smallest absolute Gasteiger partial charge is 0.323 e. The summed E-state index contributed by atoms with van der Waals surface area (Å²) in [6.45, 7) is 7.51. The number of aliphatic hydroxyl groups is 1. The third-order valence-corrected chi connectivity index (χ3v) is 9.50. The Morgan fingerprint density at radius 3 is 2.18 bits per heavy atom. The lowest BCUT2D eigenvalue weighted by Gasteiger charge is -2.36. The van der Waals surface area contributed by atoms with Crippen molar-refractivity contribution >= 4 is 40.0 Å². The summed E-state index contributed by atoms with van der Waals surface area (Å²) in [5, 5.41) is 23.0. The maximum atomic E-state index is 14.6. The van der Waals surface area contributed by atoms with Crippen LogP contribution in [0.2, 0.25) is 0 Å². The molecule has 1 atom stereocenters. The second-order valence-electron chi connectivity index (χ2n) is 13.2. The average Bonchev–Trinajstić information content (AvgIpc) is 3.54. The van der Waals surface area contributed by atoms with Crippen LogP contribution in [0, 0.1) is 6.92 Å². The maximum absolute atomic E-state index is 14.6. The zero-order valence-electron chi connectivity index (χ0n) is 29.6. The van der Waals surface area contributed by atoms with Crippen LogP contribution < -0.4 is 10.6 Å². The average molecular weight is 687 g/mol. The van der Waals surface area contributed by atoms with Gasteiger partial charge in [-0.3, -0.25) is 9.59 Å². The summed E-state index contributed by atoms with van der Waals surface area (Å²) in [6.07, 6.45) is 4.28. The summed E-state index contributed by atoms with van der Waals surface area (Å²) in [7, 11) is 0. The first-order valence-corrected chi connectivity index (χ1v) is 17.8. The van der Waals surface area contributed by atoms with Crippen molar-refractivity contribution in [1.29, 1.82) is 0 Å². The van der Waals surface area contributed by atoms with E-state index >= 15 is 0 Å². The van der Waals surface area contributed by atoms with Gasteiger partial charge >= 0.3 is 6.03 Å². The number of nitrogens with one attached hydrogen (secondary N) is 2. The highest BCUT2D eigenvalue weighted by atomic mass is 16.3. The van der Waals surface area contributed by atoms with E-state index in [4.69, 9.17) is 5.10 Å². The van der Waals surface area contributed by atoms with Gasteiger partial charge in [-0.1, -0.05) is 81.3 Å². The van der Waals surface area contributed by atoms with Crippen LogP contribution in [0.1, 0.15) is 77.2 Å². The predicted molar refractivity (Wildman–Crippen MR) is 202 cm³/mol. The second kappa shape index (κ2) is 16.0. The third kappa shape index (κ3) is 7.97. The largest absolute Gasteiger partial charge is 0.394 e. The molecule has 1 aliphatic rings. The van der Waals surface area contributed by atoms with Crippen molar-refractivity contribution in [3.63, 3.8) is 0 Å². The molecule has 1 aromatic heterocycles. The zero-order chi connectivity index (χ0) is 35.9. The molecule has 0 spiro atoms. The molecule has 4 aromatic carbocycles. The van der Waals surface area contributed by atoms with Gasteiger partial charge in [0.25, 0.3) is 11.8 Å². The highest BCUT2D eigenvalue weighted by Gasteiger charge is 2.32. The lowest BCUT2D eigenvalue weighted by molar-refractivity contribution is 0.0544. The molecule has 0 radical (unpaired) electrons. The molecule has 4 amide bonds. The lowest BCUT2D eigenvalue weighted by atomic mass is 9.93. The van der Waals surface area contributed by atoms with Crippen molar-refractivity contribution in [1.82, 2.24) is 19.6 Å². The summed E-state index contributed by atoms with van der Waals surface area (Å²) < 4.78 is 1.63. The van der Waals surface area contributed by atoms with Crippen molar-refractivity contribution in [2.75, 3.05) is 30.3 Å². The summed E-state index contributed by atoms with van der Waals surface area (Å²) in [6, 6.07) is 27.5. The first kappa shape index (κ1) is 35.3. The summed E-state index contributed by atoms with van der Waals surface area (Å²) in [5.41, 5.74) is 4.92. The predicted octanol–water partition coefficient (Wildman–Crippen LogP) is 7.58. The second-order valence-corrected chi connectivity index (χ2v) is 13.2. The molecule has 0 fully saturated rings. The van der Waals surface area contributed by atoms with Gasteiger partial charge in [0.1, 0.15) is 0 Å². The molecule has 1 aliphatic heterocycles. The Bertz CT molecular complexity index is 2030. The molecule has 0 saturated heterocycles. The molecule has 0 aliphatic carbocycles. The van der Waals surface area contributed by atoms with E-state index in [9.17, 15) is 19.5 Å². The number of nitrogens with zero attached hydrogens (tertiary/aromatic N) is 4. The molecule has 10 heteroatoms. The van der Waals surface area contributed by atoms with Gasteiger partial charge in [0.2, 0.25) is 0 Å². The van der Waals surface area contributed by atoms with Crippen LogP contribution in [-0.4, -0.2) is 68.3 Å². The van der Waals surface area contributed by atoms with Gasteiger partial charge in [-0.15, -0.1) is 0 Å². The molecule has 10 nitrogen and oxygen atoms in total. The minimum Gasteiger partial charge on any atom is -0.394 e. The number of amides is 4. The van der Waals surface area contributed by atoms with E-state index in [0.717, 1.165) is 47.6 Å². The van der Waals surface area contributed by atoms with Gasteiger partial charge in [0, 0.05) is 36.7 Å². The van der Waals surface area contributed by atoms with E-state index in [2.05, 4.69) is 24.5 Å². The molecule has 51 heavy (non-hydrogen) atoms. The Morgan fingerprint density at radius 1 is 0.824 bits per heavy atom. The van der Waals surface area contributed by atoms with Crippen LogP contribution >= 0.6 is 0 Å². The number of aromatic nitrogens is 2. The van der Waals surface area contributed by atoms with Crippen molar-refractivity contribution in [3.8, 4) is 5.69 Å². The van der Waals surface area contributed by atoms with Gasteiger partial charge in [0.05, 0.1) is 23.9 Å². The normalized spacial score (nSPS) is 13.9. The van der Waals surface area contributed by atoms with E-state index in [1.807, 2.05) is 78.6 Å². The van der Waals surface area contributed by atoms with E-state index in [1.54, 1.807) is 33.8 Å². The van der Waals surface area contributed by atoms with Crippen LogP contribution in [0.4, 0.5) is 16.2 Å². The number of anilines is 2. The Balaban J connectivity index is 1.34. The fourth-order valence-corrected chi connectivity index (χ4v) is 6.67.